The Morgan fingerprint density at radius 2 is 2.12 bits per heavy atom. The number of hydrogen-bond acceptors (Lipinski definition) is 1. The van der Waals surface area contributed by atoms with E-state index in [1.807, 2.05) is 0 Å². The highest BCUT2D eigenvalue weighted by atomic mass is 19.1. The second-order valence-corrected chi connectivity index (χ2v) is 3.50. The number of benzene rings is 1. The molecule has 0 radical (unpaired) electrons. The van der Waals surface area contributed by atoms with Gasteiger partial charge in [-0.05, 0) is 18.6 Å². The van der Waals surface area contributed by atoms with Gasteiger partial charge in [0.05, 0.1) is 6.61 Å². The molecule has 0 aliphatic heterocycles. The van der Waals surface area contributed by atoms with Gasteiger partial charge in [0.25, 0.3) is 0 Å². The summed E-state index contributed by atoms with van der Waals surface area (Å²) in [4.78, 5) is 0. The highest BCUT2D eigenvalue weighted by Crippen LogP contribution is 2.10. The van der Waals surface area contributed by atoms with Crippen molar-refractivity contribution in [3.05, 3.63) is 41.5 Å². The maximum atomic E-state index is 13.1. The lowest BCUT2D eigenvalue weighted by molar-refractivity contribution is 0.159. The molecule has 1 aromatic rings. The minimum Gasteiger partial charge on any atom is -0.377 e. The van der Waals surface area contributed by atoms with Gasteiger partial charge in [0.1, 0.15) is 11.6 Å². The van der Waals surface area contributed by atoms with Crippen LogP contribution in [0.2, 0.25) is 0 Å². The molecule has 0 aliphatic carbocycles. The topological polar surface area (TPSA) is 9.23 Å². The molecule has 1 nitrogen and oxygen atoms in total. The van der Waals surface area contributed by atoms with E-state index in [2.05, 4.69) is 6.92 Å². The Balaban J connectivity index is 2.38. The van der Waals surface area contributed by atoms with Crippen LogP contribution in [0.1, 0.15) is 25.3 Å². The second-order valence-electron chi connectivity index (χ2n) is 3.50. The normalized spacial score (nSPS) is 11.2. The molecule has 16 heavy (non-hydrogen) atoms. The van der Waals surface area contributed by atoms with Gasteiger partial charge in [-0.2, -0.15) is 0 Å². The number of rotatable bonds is 6. The summed E-state index contributed by atoms with van der Waals surface area (Å²) in [6.45, 7) is 3.26. The molecule has 0 bridgehead atoms. The Hall–Kier alpha value is -1.22. The molecule has 1 rings (SSSR count). The summed E-state index contributed by atoms with van der Waals surface area (Å²) in [5.74, 6) is -1.11. The van der Waals surface area contributed by atoms with E-state index in [-0.39, 0.29) is 0 Å². The first-order chi connectivity index (χ1) is 7.74. The van der Waals surface area contributed by atoms with Crippen molar-refractivity contribution in [2.45, 2.75) is 19.8 Å². The Labute approximate surface area is 94.7 Å². The van der Waals surface area contributed by atoms with E-state index in [1.54, 1.807) is 12.2 Å². The Bertz CT molecular complexity index is 348. The largest absolute Gasteiger partial charge is 0.377 e. The zero-order valence-corrected chi connectivity index (χ0v) is 9.38. The van der Waals surface area contributed by atoms with Crippen LogP contribution < -0.4 is 0 Å². The minimum atomic E-state index is -0.561. The summed E-state index contributed by atoms with van der Waals surface area (Å²) in [5.41, 5.74) is 0.375. The fourth-order valence-corrected chi connectivity index (χ4v) is 1.21. The number of ether oxygens (including phenoxy) is 1. The van der Waals surface area contributed by atoms with E-state index < -0.39 is 11.6 Å². The van der Waals surface area contributed by atoms with Gasteiger partial charge in [0.15, 0.2) is 0 Å². The molecule has 3 heteroatoms. The third-order valence-electron chi connectivity index (χ3n) is 2.12. The summed E-state index contributed by atoms with van der Waals surface area (Å²) in [5, 5.41) is 0. The third-order valence-corrected chi connectivity index (χ3v) is 2.12. The smallest absolute Gasteiger partial charge is 0.133 e. The van der Waals surface area contributed by atoms with Gasteiger partial charge in [0, 0.05) is 18.2 Å². The fraction of sp³-hybridized carbons (Fsp3) is 0.385. The number of unbranched alkanes of at least 4 members (excludes halogenated alkanes) is 1. The van der Waals surface area contributed by atoms with E-state index in [1.165, 1.54) is 12.1 Å². The molecule has 0 amide bonds. The average Bonchev–Trinajstić information content (AvgIpc) is 2.26. The summed E-state index contributed by atoms with van der Waals surface area (Å²) in [7, 11) is 0. The highest BCUT2D eigenvalue weighted by molar-refractivity contribution is 5.49. The van der Waals surface area contributed by atoms with Gasteiger partial charge in [-0.15, -0.1) is 0 Å². The van der Waals surface area contributed by atoms with Crippen molar-refractivity contribution >= 4 is 6.08 Å². The molecule has 0 heterocycles. The molecule has 88 valence electrons. The molecular weight excluding hydrogens is 210 g/mol. The maximum absolute atomic E-state index is 13.1. The van der Waals surface area contributed by atoms with E-state index >= 15 is 0 Å². The average molecular weight is 226 g/mol. The first-order valence-corrected chi connectivity index (χ1v) is 5.43. The van der Waals surface area contributed by atoms with Gasteiger partial charge in [0.2, 0.25) is 0 Å². The third kappa shape index (κ3) is 4.53. The van der Waals surface area contributed by atoms with Crippen LogP contribution in [0.4, 0.5) is 8.78 Å². The summed E-state index contributed by atoms with van der Waals surface area (Å²) < 4.78 is 31.0. The zero-order chi connectivity index (χ0) is 11.8. The molecule has 0 aromatic heterocycles. The monoisotopic (exact) mass is 226 g/mol. The van der Waals surface area contributed by atoms with Crippen molar-refractivity contribution in [3.8, 4) is 0 Å². The van der Waals surface area contributed by atoms with Crippen LogP contribution >= 0.6 is 0 Å². The summed E-state index contributed by atoms with van der Waals surface area (Å²) in [6.07, 6.45) is 5.45. The lowest BCUT2D eigenvalue weighted by atomic mass is 10.2. The first-order valence-electron chi connectivity index (χ1n) is 5.43. The standard InChI is InChI=1S/C13H16F2O/c1-2-3-8-16-9-4-5-11-6-7-12(14)10-13(11)15/h4-7,10H,2-3,8-9H2,1H3/b5-4+. The Kier molecular flexibility index (Phi) is 5.72. The zero-order valence-electron chi connectivity index (χ0n) is 9.38. The van der Waals surface area contributed by atoms with Crippen molar-refractivity contribution < 1.29 is 13.5 Å². The molecule has 0 unspecified atom stereocenters. The lowest BCUT2D eigenvalue weighted by Crippen LogP contribution is -1.93. The Morgan fingerprint density at radius 3 is 2.81 bits per heavy atom. The molecule has 0 N–H and O–H groups in total. The summed E-state index contributed by atoms with van der Waals surface area (Å²) >= 11 is 0. The van der Waals surface area contributed by atoms with Gasteiger partial charge in [-0.1, -0.05) is 25.5 Å². The van der Waals surface area contributed by atoms with Gasteiger partial charge >= 0.3 is 0 Å². The van der Waals surface area contributed by atoms with E-state index in [4.69, 9.17) is 4.74 Å². The lowest BCUT2D eigenvalue weighted by Gasteiger charge is -1.99. The molecule has 1 aromatic carbocycles. The molecule has 0 aliphatic rings. The van der Waals surface area contributed by atoms with Crippen LogP contribution in [-0.2, 0) is 4.74 Å². The van der Waals surface area contributed by atoms with Crippen molar-refractivity contribution in [3.63, 3.8) is 0 Å². The van der Waals surface area contributed by atoms with E-state index in [0.717, 1.165) is 18.9 Å². The SMILES string of the molecule is CCCCOC/C=C/c1ccc(F)cc1F. The predicted molar refractivity (Wildman–Crippen MR) is 61.1 cm³/mol. The molecule has 0 fully saturated rings. The fourth-order valence-electron chi connectivity index (χ4n) is 1.21. The molecular formula is C13H16F2O. The van der Waals surface area contributed by atoms with Crippen LogP contribution in [0.3, 0.4) is 0 Å². The highest BCUT2D eigenvalue weighted by Gasteiger charge is 1.99. The maximum Gasteiger partial charge on any atom is 0.133 e. The predicted octanol–water partition coefficient (Wildman–Crippen LogP) is 3.79. The van der Waals surface area contributed by atoms with Crippen molar-refractivity contribution in [1.82, 2.24) is 0 Å². The Morgan fingerprint density at radius 1 is 1.31 bits per heavy atom. The quantitative estimate of drug-likeness (QED) is 0.670. The van der Waals surface area contributed by atoms with Crippen LogP contribution in [0.15, 0.2) is 24.3 Å². The van der Waals surface area contributed by atoms with Crippen molar-refractivity contribution in [2.75, 3.05) is 13.2 Å². The molecule has 0 saturated heterocycles. The van der Waals surface area contributed by atoms with E-state index in [0.29, 0.717) is 18.8 Å². The van der Waals surface area contributed by atoms with Gasteiger partial charge in [-0.25, -0.2) is 8.78 Å². The minimum absolute atomic E-state index is 0.375. The molecule has 0 atom stereocenters. The first kappa shape index (κ1) is 12.8. The van der Waals surface area contributed by atoms with Crippen LogP contribution in [0.5, 0.6) is 0 Å². The van der Waals surface area contributed by atoms with Crippen LogP contribution in [-0.4, -0.2) is 13.2 Å². The van der Waals surface area contributed by atoms with Crippen molar-refractivity contribution in [1.29, 1.82) is 0 Å². The van der Waals surface area contributed by atoms with Gasteiger partial charge in [-0.3, -0.25) is 0 Å². The number of halogens is 2. The van der Waals surface area contributed by atoms with Crippen LogP contribution in [0, 0.1) is 11.6 Å². The van der Waals surface area contributed by atoms with Gasteiger partial charge < -0.3 is 4.74 Å². The number of hydrogen-bond donors (Lipinski definition) is 0. The molecule has 0 spiro atoms. The van der Waals surface area contributed by atoms with E-state index in [9.17, 15) is 8.78 Å². The summed E-state index contributed by atoms with van der Waals surface area (Å²) in [6, 6.07) is 3.52. The van der Waals surface area contributed by atoms with Crippen molar-refractivity contribution in [2.24, 2.45) is 0 Å². The molecule has 0 saturated carbocycles. The van der Waals surface area contributed by atoms with Crippen LogP contribution in [0.25, 0.3) is 6.08 Å². The second kappa shape index (κ2) is 7.12.